The first-order valence-corrected chi connectivity index (χ1v) is 6.95. The van der Waals surface area contributed by atoms with Gasteiger partial charge in [-0.05, 0) is 39.8 Å². The average molecular weight is 298 g/mol. The lowest BCUT2D eigenvalue weighted by Gasteiger charge is -2.26. The van der Waals surface area contributed by atoms with Crippen molar-refractivity contribution in [1.82, 2.24) is 0 Å². The first-order valence-electron chi connectivity index (χ1n) is 6.57. The van der Waals surface area contributed by atoms with Gasteiger partial charge in [-0.1, -0.05) is 17.7 Å². The number of nitrogen functional groups attached to an aromatic ring is 1. The molecule has 1 aromatic carbocycles. The van der Waals surface area contributed by atoms with Crippen molar-refractivity contribution in [2.24, 2.45) is 0 Å². The molecule has 1 saturated heterocycles. The van der Waals surface area contributed by atoms with E-state index in [1.165, 1.54) is 0 Å². The van der Waals surface area contributed by atoms with Gasteiger partial charge in [-0.25, -0.2) is 4.79 Å². The number of esters is 1. The third-order valence-electron chi connectivity index (χ3n) is 3.49. The highest BCUT2D eigenvalue weighted by Gasteiger charge is 2.48. The molecule has 0 aliphatic carbocycles. The van der Waals surface area contributed by atoms with Gasteiger partial charge in [0.1, 0.15) is 11.7 Å². The van der Waals surface area contributed by atoms with Gasteiger partial charge in [0.25, 0.3) is 0 Å². The van der Waals surface area contributed by atoms with Gasteiger partial charge in [-0.3, -0.25) is 0 Å². The zero-order chi connectivity index (χ0) is 15.1. The van der Waals surface area contributed by atoms with Crippen molar-refractivity contribution in [2.75, 3.05) is 5.73 Å². The first kappa shape index (κ1) is 15.1. The minimum atomic E-state index is -0.522. The molecule has 2 rings (SSSR count). The van der Waals surface area contributed by atoms with Crippen molar-refractivity contribution >= 4 is 23.3 Å². The Balaban J connectivity index is 2.18. The third-order valence-corrected chi connectivity index (χ3v) is 3.91. The Kier molecular flexibility index (Phi) is 3.73. The first-order chi connectivity index (χ1) is 9.12. The number of hydrogen-bond acceptors (Lipinski definition) is 4. The molecule has 0 saturated carbocycles. The van der Waals surface area contributed by atoms with E-state index in [0.29, 0.717) is 12.1 Å². The quantitative estimate of drug-likeness (QED) is 0.671. The highest BCUT2D eigenvalue weighted by molar-refractivity contribution is 6.36. The Hall–Kier alpha value is -1.26. The molecule has 1 unspecified atom stereocenters. The van der Waals surface area contributed by atoms with E-state index in [2.05, 4.69) is 0 Å². The summed E-state index contributed by atoms with van der Waals surface area (Å²) in [7, 11) is 0. The summed E-state index contributed by atoms with van der Waals surface area (Å²) in [5.41, 5.74) is 5.51. The van der Waals surface area contributed by atoms with Gasteiger partial charge in [-0.2, -0.15) is 0 Å². The Morgan fingerprint density at radius 1 is 1.40 bits per heavy atom. The molecule has 2 N–H and O–H groups in total. The van der Waals surface area contributed by atoms with E-state index in [0.717, 1.165) is 0 Å². The highest BCUT2D eigenvalue weighted by atomic mass is 35.5. The van der Waals surface area contributed by atoms with E-state index in [1.54, 1.807) is 18.2 Å². The molecule has 0 spiro atoms. The predicted octanol–water partition coefficient (Wildman–Crippen LogP) is 3.43. The molecule has 110 valence electrons. The maximum absolute atomic E-state index is 12.3. The van der Waals surface area contributed by atoms with Gasteiger partial charge in [0, 0.05) is 6.42 Å². The van der Waals surface area contributed by atoms with Crippen LogP contribution in [0.25, 0.3) is 0 Å². The molecule has 0 radical (unpaired) electrons. The topological polar surface area (TPSA) is 61.5 Å². The van der Waals surface area contributed by atoms with Crippen molar-refractivity contribution in [3.63, 3.8) is 0 Å². The van der Waals surface area contributed by atoms with Crippen LogP contribution >= 0.6 is 11.6 Å². The van der Waals surface area contributed by atoms with Crippen molar-refractivity contribution < 1.29 is 14.3 Å². The smallest absolute Gasteiger partial charge is 0.340 e. The summed E-state index contributed by atoms with van der Waals surface area (Å²) in [6.07, 6.45) is 0.327. The Morgan fingerprint density at radius 3 is 2.60 bits per heavy atom. The number of nitrogens with two attached hydrogens (primary N) is 1. The average Bonchev–Trinajstić information content (AvgIpc) is 2.50. The SMILES string of the molecule is CC1(C)CC(OC(=O)c2cccc(N)c2Cl)C(C)(C)O1. The molecule has 1 aliphatic heterocycles. The van der Waals surface area contributed by atoms with Gasteiger partial charge in [-0.15, -0.1) is 0 Å². The molecule has 5 heteroatoms. The van der Waals surface area contributed by atoms with Crippen LogP contribution in [0.2, 0.25) is 5.02 Å². The monoisotopic (exact) mass is 297 g/mol. The molecule has 1 aromatic rings. The summed E-state index contributed by atoms with van der Waals surface area (Å²) < 4.78 is 11.5. The Morgan fingerprint density at radius 2 is 2.05 bits per heavy atom. The zero-order valence-corrected chi connectivity index (χ0v) is 13.0. The number of carbonyl (C=O) groups excluding carboxylic acids is 1. The van der Waals surface area contributed by atoms with Crippen LogP contribution in [0.15, 0.2) is 18.2 Å². The lowest BCUT2D eigenvalue weighted by molar-refractivity contribution is -0.0924. The minimum Gasteiger partial charge on any atom is -0.456 e. The number of halogens is 1. The summed E-state index contributed by atoms with van der Waals surface area (Å²) in [5, 5.41) is 0.230. The zero-order valence-electron chi connectivity index (χ0n) is 12.2. The largest absolute Gasteiger partial charge is 0.456 e. The van der Waals surface area contributed by atoms with Crippen LogP contribution in [0.5, 0.6) is 0 Å². The molecule has 4 nitrogen and oxygen atoms in total. The van der Waals surface area contributed by atoms with Gasteiger partial charge >= 0.3 is 5.97 Å². The fraction of sp³-hybridized carbons (Fsp3) is 0.533. The molecule has 1 heterocycles. The standard InChI is InChI=1S/C15H20ClNO3/c1-14(2)8-11(15(3,4)20-14)19-13(18)9-6-5-7-10(17)12(9)16/h5-7,11H,8,17H2,1-4H3. The summed E-state index contributed by atoms with van der Waals surface area (Å²) in [6, 6.07) is 4.93. The van der Waals surface area contributed by atoms with Crippen LogP contribution in [-0.4, -0.2) is 23.3 Å². The Bertz CT molecular complexity index is 540. The van der Waals surface area contributed by atoms with E-state index >= 15 is 0 Å². The van der Waals surface area contributed by atoms with E-state index < -0.39 is 11.6 Å². The molecule has 0 amide bonds. The molecule has 1 atom stereocenters. The van der Waals surface area contributed by atoms with Gasteiger partial charge in [0.2, 0.25) is 0 Å². The number of benzene rings is 1. The number of anilines is 1. The van der Waals surface area contributed by atoms with Crippen molar-refractivity contribution in [1.29, 1.82) is 0 Å². The summed E-state index contributed by atoms with van der Waals surface area (Å²) in [4.78, 5) is 12.3. The van der Waals surface area contributed by atoms with Crippen molar-refractivity contribution in [3.8, 4) is 0 Å². The van der Waals surface area contributed by atoms with Crippen LogP contribution in [-0.2, 0) is 9.47 Å². The van der Waals surface area contributed by atoms with E-state index in [-0.39, 0.29) is 22.3 Å². The van der Waals surface area contributed by atoms with E-state index in [9.17, 15) is 4.79 Å². The second-order valence-corrected chi connectivity index (χ2v) is 6.65. The summed E-state index contributed by atoms with van der Waals surface area (Å²) in [5.74, 6) is -0.471. The number of carbonyl (C=O) groups is 1. The molecule has 1 fully saturated rings. The second-order valence-electron chi connectivity index (χ2n) is 6.27. The highest BCUT2D eigenvalue weighted by Crippen LogP contribution is 2.39. The van der Waals surface area contributed by atoms with Crippen LogP contribution in [0.1, 0.15) is 44.5 Å². The second kappa shape index (κ2) is 4.93. The molecular weight excluding hydrogens is 278 g/mol. The Labute approximate surface area is 124 Å². The van der Waals surface area contributed by atoms with Crippen LogP contribution < -0.4 is 5.73 Å². The van der Waals surface area contributed by atoms with E-state index in [4.69, 9.17) is 26.8 Å². The van der Waals surface area contributed by atoms with Crippen molar-refractivity contribution in [3.05, 3.63) is 28.8 Å². The number of ether oxygens (including phenoxy) is 2. The molecule has 0 aromatic heterocycles. The number of rotatable bonds is 2. The molecule has 20 heavy (non-hydrogen) atoms. The maximum Gasteiger partial charge on any atom is 0.340 e. The minimum absolute atomic E-state index is 0.230. The van der Waals surface area contributed by atoms with E-state index in [1.807, 2.05) is 27.7 Å². The van der Waals surface area contributed by atoms with Crippen LogP contribution in [0.3, 0.4) is 0 Å². The predicted molar refractivity (Wildman–Crippen MR) is 78.9 cm³/mol. The molecule has 1 aliphatic rings. The lowest BCUT2D eigenvalue weighted by Crippen LogP contribution is -2.36. The molecular formula is C15H20ClNO3. The third kappa shape index (κ3) is 2.91. The number of hydrogen-bond donors (Lipinski definition) is 1. The summed E-state index contributed by atoms with van der Waals surface area (Å²) in [6.45, 7) is 7.80. The molecule has 0 bridgehead atoms. The summed E-state index contributed by atoms with van der Waals surface area (Å²) >= 11 is 6.04. The van der Waals surface area contributed by atoms with Crippen molar-refractivity contribution in [2.45, 2.75) is 51.4 Å². The van der Waals surface area contributed by atoms with Crippen LogP contribution in [0, 0.1) is 0 Å². The van der Waals surface area contributed by atoms with Crippen LogP contribution in [0.4, 0.5) is 5.69 Å². The van der Waals surface area contributed by atoms with Gasteiger partial charge in [0.15, 0.2) is 0 Å². The normalized spacial score (nSPS) is 23.6. The lowest BCUT2D eigenvalue weighted by atomic mass is 9.97. The maximum atomic E-state index is 12.3. The fourth-order valence-electron chi connectivity index (χ4n) is 2.60. The van der Waals surface area contributed by atoms with Gasteiger partial charge < -0.3 is 15.2 Å². The fourth-order valence-corrected chi connectivity index (χ4v) is 2.80. The van der Waals surface area contributed by atoms with Gasteiger partial charge in [0.05, 0.1) is 21.9 Å².